The number of benzene rings is 1. The van der Waals surface area contributed by atoms with Crippen LogP contribution in [-0.2, 0) is 9.59 Å². The molecule has 0 radical (unpaired) electrons. The molecule has 0 atom stereocenters. The van der Waals surface area contributed by atoms with Crippen molar-refractivity contribution < 1.29 is 19.5 Å². The van der Waals surface area contributed by atoms with Gasteiger partial charge in [0.2, 0.25) is 5.91 Å². The number of hydrogen-bond acceptors (Lipinski definition) is 3. The van der Waals surface area contributed by atoms with Crippen molar-refractivity contribution in [2.24, 2.45) is 0 Å². The monoisotopic (exact) mass is 306 g/mol. The lowest BCUT2D eigenvalue weighted by molar-refractivity contribution is -0.155. The van der Waals surface area contributed by atoms with Gasteiger partial charge in [0, 0.05) is 25.6 Å². The molecule has 6 nitrogen and oxygen atoms in total. The summed E-state index contributed by atoms with van der Waals surface area (Å²) in [5.41, 5.74) is -0.678. The molecule has 0 heterocycles. The maximum atomic E-state index is 12.0. The average molecular weight is 306 g/mol. The Kier molecular flexibility index (Phi) is 6.10. The van der Waals surface area contributed by atoms with Gasteiger partial charge in [-0.3, -0.25) is 9.59 Å². The van der Waals surface area contributed by atoms with Gasteiger partial charge in [-0.2, -0.15) is 0 Å². The van der Waals surface area contributed by atoms with Gasteiger partial charge in [0.1, 0.15) is 5.54 Å². The molecule has 0 aliphatic heterocycles. The Hall–Kier alpha value is -2.37. The largest absolute Gasteiger partial charge is 0.480 e. The van der Waals surface area contributed by atoms with Gasteiger partial charge < -0.3 is 15.3 Å². The van der Waals surface area contributed by atoms with Gasteiger partial charge in [-0.25, -0.2) is 4.79 Å². The van der Waals surface area contributed by atoms with Crippen LogP contribution < -0.4 is 5.32 Å². The third kappa shape index (κ3) is 4.58. The second-order valence-corrected chi connectivity index (χ2v) is 5.54. The molecular weight excluding hydrogens is 284 g/mol. The zero-order chi connectivity index (χ0) is 16.8. The minimum Gasteiger partial charge on any atom is -0.480 e. The van der Waals surface area contributed by atoms with E-state index in [4.69, 9.17) is 5.11 Å². The Bertz CT molecular complexity index is 540. The van der Waals surface area contributed by atoms with Crippen molar-refractivity contribution in [3.05, 3.63) is 35.9 Å². The molecule has 22 heavy (non-hydrogen) atoms. The van der Waals surface area contributed by atoms with E-state index in [9.17, 15) is 14.4 Å². The van der Waals surface area contributed by atoms with E-state index in [0.29, 0.717) is 18.5 Å². The van der Waals surface area contributed by atoms with Crippen LogP contribution in [0.1, 0.15) is 37.0 Å². The predicted octanol–water partition coefficient (Wildman–Crippen LogP) is 1.52. The minimum atomic E-state index is -1.25. The molecule has 120 valence electrons. The molecule has 0 unspecified atom stereocenters. The predicted molar refractivity (Wildman–Crippen MR) is 82.5 cm³/mol. The highest BCUT2D eigenvalue weighted by Gasteiger charge is 2.34. The Morgan fingerprint density at radius 1 is 1.18 bits per heavy atom. The molecule has 0 spiro atoms. The number of carbonyl (C=O) groups excluding carboxylic acids is 2. The second kappa shape index (κ2) is 7.59. The van der Waals surface area contributed by atoms with Gasteiger partial charge in [-0.1, -0.05) is 18.2 Å². The van der Waals surface area contributed by atoms with Crippen molar-refractivity contribution in [2.75, 3.05) is 13.6 Å². The molecule has 0 bridgehead atoms. The minimum absolute atomic E-state index is 0.183. The van der Waals surface area contributed by atoms with E-state index in [2.05, 4.69) is 5.32 Å². The first-order valence-electron chi connectivity index (χ1n) is 7.10. The number of rotatable bonds is 7. The molecule has 2 N–H and O–H groups in total. The highest BCUT2D eigenvalue weighted by Crippen LogP contribution is 2.14. The molecule has 0 saturated carbocycles. The third-order valence-corrected chi connectivity index (χ3v) is 3.62. The van der Waals surface area contributed by atoms with Crippen LogP contribution in [-0.4, -0.2) is 46.9 Å². The van der Waals surface area contributed by atoms with Gasteiger partial charge in [-0.05, 0) is 32.4 Å². The quantitative estimate of drug-likeness (QED) is 0.748. The molecule has 0 aliphatic rings. The number of nitrogens with one attached hydrogen (secondary N) is 1. The van der Waals surface area contributed by atoms with Gasteiger partial charge in [0.05, 0.1) is 0 Å². The highest BCUT2D eigenvalue weighted by atomic mass is 16.4. The summed E-state index contributed by atoms with van der Waals surface area (Å²) in [6.45, 7) is 3.32. The summed E-state index contributed by atoms with van der Waals surface area (Å²) in [5, 5.41) is 11.8. The highest BCUT2D eigenvalue weighted by molar-refractivity contribution is 5.94. The first kappa shape index (κ1) is 17.7. The molecule has 2 amide bonds. The van der Waals surface area contributed by atoms with Crippen molar-refractivity contribution in [3.8, 4) is 0 Å². The summed E-state index contributed by atoms with van der Waals surface area (Å²) in [6, 6.07) is 8.81. The van der Waals surface area contributed by atoms with E-state index < -0.39 is 11.5 Å². The summed E-state index contributed by atoms with van der Waals surface area (Å²) in [6.07, 6.45) is 0.639. The molecule has 1 aromatic rings. The number of carbonyl (C=O) groups is 3. The van der Waals surface area contributed by atoms with Gasteiger partial charge in [0.25, 0.3) is 5.91 Å². The van der Waals surface area contributed by atoms with Crippen molar-refractivity contribution in [1.82, 2.24) is 10.2 Å². The Morgan fingerprint density at radius 3 is 2.32 bits per heavy atom. The van der Waals surface area contributed by atoms with Crippen LogP contribution in [0, 0.1) is 0 Å². The van der Waals surface area contributed by atoms with Crippen molar-refractivity contribution in [2.45, 2.75) is 32.2 Å². The number of carboxylic acids is 1. The van der Waals surface area contributed by atoms with Crippen molar-refractivity contribution in [3.63, 3.8) is 0 Å². The summed E-state index contributed by atoms with van der Waals surface area (Å²) in [5.74, 6) is -1.51. The van der Waals surface area contributed by atoms with Crippen LogP contribution in [0.15, 0.2) is 30.3 Å². The standard InChI is InChI=1S/C16H22N2O4/c1-16(2,15(21)22)18(3)13(19)10-7-11-17-14(20)12-8-5-4-6-9-12/h4-6,8-9H,7,10-11H2,1-3H3,(H,17,20)(H,21,22). The summed E-state index contributed by atoms with van der Waals surface area (Å²) < 4.78 is 0. The fraction of sp³-hybridized carbons (Fsp3) is 0.438. The van der Waals surface area contributed by atoms with Crippen molar-refractivity contribution >= 4 is 17.8 Å². The number of amides is 2. The van der Waals surface area contributed by atoms with Crippen LogP contribution in [0.2, 0.25) is 0 Å². The van der Waals surface area contributed by atoms with Crippen LogP contribution >= 0.6 is 0 Å². The first-order valence-corrected chi connectivity index (χ1v) is 7.10. The SMILES string of the molecule is CN(C(=O)CCCNC(=O)c1ccccc1)C(C)(C)C(=O)O. The average Bonchev–Trinajstić information content (AvgIpc) is 2.50. The molecular formula is C16H22N2O4. The topological polar surface area (TPSA) is 86.7 Å². The summed E-state index contributed by atoms with van der Waals surface area (Å²) in [4.78, 5) is 36.1. The maximum absolute atomic E-state index is 12.0. The molecule has 6 heteroatoms. The fourth-order valence-electron chi connectivity index (χ4n) is 1.76. The normalized spacial score (nSPS) is 10.9. The number of aliphatic carboxylic acids is 1. The van der Waals surface area contributed by atoms with E-state index in [1.165, 1.54) is 25.8 Å². The smallest absolute Gasteiger partial charge is 0.329 e. The zero-order valence-electron chi connectivity index (χ0n) is 13.1. The molecule has 0 aliphatic carbocycles. The number of nitrogens with zero attached hydrogens (tertiary/aromatic N) is 1. The van der Waals surface area contributed by atoms with Gasteiger partial charge >= 0.3 is 5.97 Å². The van der Waals surface area contributed by atoms with Crippen LogP contribution in [0.5, 0.6) is 0 Å². The third-order valence-electron chi connectivity index (χ3n) is 3.62. The van der Waals surface area contributed by atoms with E-state index in [0.717, 1.165) is 0 Å². The number of hydrogen-bond donors (Lipinski definition) is 2. The van der Waals surface area contributed by atoms with Crippen LogP contribution in [0.3, 0.4) is 0 Å². The van der Waals surface area contributed by atoms with E-state index >= 15 is 0 Å². The van der Waals surface area contributed by atoms with Crippen LogP contribution in [0.25, 0.3) is 0 Å². The second-order valence-electron chi connectivity index (χ2n) is 5.54. The number of carboxylic acid groups (broad SMARTS) is 1. The van der Waals surface area contributed by atoms with Crippen LogP contribution in [0.4, 0.5) is 0 Å². The van der Waals surface area contributed by atoms with Crippen molar-refractivity contribution in [1.29, 1.82) is 0 Å². The lowest BCUT2D eigenvalue weighted by Crippen LogP contribution is -2.50. The Balaban J connectivity index is 2.37. The molecule has 0 saturated heterocycles. The summed E-state index contributed by atoms with van der Waals surface area (Å²) in [7, 11) is 1.47. The zero-order valence-corrected chi connectivity index (χ0v) is 13.1. The molecule has 1 aromatic carbocycles. The molecule has 1 rings (SSSR count). The van der Waals surface area contributed by atoms with Gasteiger partial charge in [0.15, 0.2) is 0 Å². The fourth-order valence-corrected chi connectivity index (χ4v) is 1.76. The van der Waals surface area contributed by atoms with E-state index in [1.807, 2.05) is 6.07 Å². The number of likely N-dealkylation sites (N-methyl/N-ethyl adjacent to an activating group) is 1. The van der Waals surface area contributed by atoms with Gasteiger partial charge in [-0.15, -0.1) is 0 Å². The van der Waals surface area contributed by atoms with E-state index in [-0.39, 0.29) is 18.2 Å². The molecule has 0 fully saturated rings. The lowest BCUT2D eigenvalue weighted by Gasteiger charge is -2.31. The Labute approximate surface area is 130 Å². The molecule has 0 aromatic heterocycles. The Morgan fingerprint density at radius 2 is 1.77 bits per heavy atom. The lowest BCUT2D eigenvalue weighted by atomic mass is 10.0. The van der Waals surface area contributed by atoms with E-state index in [1.54, 1.807) is 24.3 Å². The maximum Gasteiger partial charge on any atom is 0.329 e. The first-order chi connectivity index (χ1) is 10.3. The summed E-state index contributed by atoms with van der Waals surface area (Å²) >= 11 is 0.